The Balaban J connectivity index is 4.44. The van der Waals surface area contributed by atoms with Gasteiger partial charge in [0.05, 0.1) is 0 Å². The zero-order valence-electron chi connectivity index (χ0n) is 21.8. The standard InChI is InChI=1S/C21H52O5Si4/c1-11-12-13-14-15-16-17-18-19-27(5,6)25-29(9,10)26-28(7,8)20-21-30(22-2,23-3)24-4/h11-21H2,1-10H3. The molecule has 0 aliphatic carbocycles. The lowest BCUT2D eigenvalue weighted by Crippen LogP contribution is -2.53. The molecular weight excluding hydrogens is 445 g/mol. The van der Waals surface area contributed by atoms with Gasteiger partial charge in [0.2, 0.25) is 0 Å². The van der Waals surface area contributed by atoms with Crippen LogP contribution in [0.2, 0.25) is 57.4 Å². The fourth-order valence-electron chi connectivity index (χ4n) is 4.15. The Morgan fingerprint density at radius 1 is 0.500 bits per heavy atom. The van der Waals surface area contributed by atoms with Crippen LogP contribution in [0.4, 0.5) is 0 Å². The normalized spacial score (nSPS) is 13.8. The summed E-state index contributed by atoms with van der Waals surface area (Å²) in [5.41, 5.74) is 0. The van der Waals surface area contributed by atoms with E-state index in [0.717, 1.165) is 12.1 Å². The van der Waals surface area contributed by atoms with Gasteiger partial charge in [-0.2, -0.15) is 0 Å². The second kappa shape index (κ2) is 14.7. The van der Waals surface area contributed by atoms with Crippen molar-refractivity contribution in [2.75, 3.05) is 21.3 Å². The third-order valence-electron chi connectivity index (χ3n) is 5.64. The van der Waals surface area contributed by atoms with Crippen LogP contribution in [0.15, 0.2) is 0 Å². The number of hydrogen-bond donors (Lipinski definition) is 0. The van der Waals surface area contributed by atoms with E-state index >= 15 is 0 Å². The van der Waals surface area contributed by atoms with Crippen molar-refractivity contribution in [2.24, 2.45) is 0 Å². The van der Waals surface area contributed by atoms with E-state index in [9.17, 15) is 0 Å². The lowest BCUT2D eigenvalue weighted by molar-refractivity contribution is 0.125. The van der Waals surface area contributed by atoms with Crippen LogP contribution in [-0.2, 0) is 21.5 Å². The summed E-state index contributed by atoms with van der Waals surface area (Å²) in [5.74, 6) is 0. The first kappa shape index (κ1) is 30.7. The zero-order chi connectivity index (χ0) is 23.3. The fraction of sp³-hybridized carbons (Fsp3) is 1.00. The molecule has 0 atom stereocenters. The SMILES string of the molecule is CCCCCCCCCC[Si](C)(C)O[Si](C)(C)O[Si](C)(C)CC[Si](OC)(OC)OC. The predicted molar refractivity (Wildman–Crippen MR) is 138 cm³/mol. The van der Waals surface area contributed by atoms with Crippen molar-refractivity contribution >= 4 is 34.0 Å². The summed E-state index contributed by atoms with van der Waals surface area (Å²) in [7, 11) is -3.30. The van der Waals surface area contributed by atoms with Gasteiger partial charge in [-0.25, -0.2) is 0 Å². The second-order valence-electron chi connectivity index (χ2n) is 10.1. The summed E-state index contributed by atoms with van der Waals surface area (Å²) < 4.78 is 30.2. The van der Waals surface area contributed by atoms with Crippen LogP contribution >= 0.6 is 0 Å². The monoisotopic (exact) mass is 496 g/mol. The van der Waals surface area contributed by atoms with Gasteiger partial charge in [-0.1, -0.05) is 58.3 Å². The average molecular weight is 497 g/mol. The molecule has 0 aromatic heterocycles. The molecule has 5 nitrogen and oxygen atoms in total. The van der Waals surface area contributed by atoms with Crippen molar-refractivity contribution < 1.29 is 21.5 Å². The number of hydrogen-bond acceptors (Lipinski definition) is 5. The Hall–Kier alpha value is 0.668. The van der Waals surface area contributed by atoms with Crippen LogP contribution in [-0.4, -0.2) is 55.3 Å². The molecule has 0 bridgehead atoms. The molecule has 9 heteroatoms. The van der Waals surface area contributed by atoms with Crippen molar-refractivity contribution in [3.05, 3.63) is 0 Å². The maximum absolute atomic E-state index is 6.74. The van der Waals surface area contributed by atoms with Crippen LogP contribution in [0.25, 0.3) is 0 Å². The minimum atomic E-state index is -2.55. The third kappa shape index (κ3) is 13.9. The summed E-state index contributed by atoms with van der Waals surface area (Å²) >= 11 is 0. The molecule has 0 rings (SSSR count). The van der Waals surface area contributed by atoms with Gasteiger partial charge in [-0.05, 0) is 51.4 Å². The Morgan fingerprint density at radius 3 is 1.33 bits per heavy atom. The molecule has 0 amide bonds. The molecule has 0 aromatic carbocycles. The molecular formula is C21H52O5Si4. The van der Waals surface area contributed by atoms with Gasteiger partial charge in [-0.3, -0.25) is 0 Å². The quantitative estimate of drug-likeness (QED) is 0.140. The van der Waals surface area contributed by atoms with Gasteiger partial charge in [0.15, 0.2) is 16.6 Å². The Labute approximate surface area is 192 Å². The van der Waals surface area contributed by atoms with Gasteiger partial charge >= 0.3 is 17.4 Å². The van der Waals surface area contributed by atoms with Crippen molar-refractivity contribution in [1.82, 2.24) is 0 Å². The molecule has 0 heterocycles. The average Bonchev–Trinajstić information content (AvgIpc) is 2.63. The van der Waals surface area contributed by atoms with Crippen LogP contribution < -0.4 is 0 Å². The summed E-state index contributed by atoms with van der Waals surface area (Å²) in [6, 6.07) is 2.98. The van der Waals surface area contributed by atoms with Crippen LogP contribution in [0.1, 0.15) is 58.3 Å². The van der Waals surface area contributed by atoms with E-state index in [1.807, 2.05) is 0 Å². The minimum Gasteiger partial charge on any atom is -0.437 e. The highest BCUT2D eigenvalue weighted by Gasteiger charge is 2.43. The number of unbranched alkanes of at least 4 members (excludes halogenated alkanes) is 7. The predicted octanol–water partition coefficient (Wildman–Crippen LogP) is 7.15. The van der Waals surface area contributed by atoms with Crippen LogP contribution in [0, 0.1) is 0 Å². The van der Waals surface area contributed by atoms with E-state index in [2.05, 4.69) is 46.2 Å². The highest BCUT2D eigenvalue weighted by molar-refractivity contribution is 6.88. The highest BCUT2D eigenvalue weighted by Crippen LogP contribution is 2.29. The summed E-state index contributed by atoms with van der Waals surface area (Å²) in [5, 5.41) is 0. The zero-order valence-corrected chi connectivity index (χ0v) is 25.8. The smallest absolute Gasteiger partial charge is 0.437 e. The summed E-state index contributed by atoms with van der Waals surface area (Å²) in [6.07, 6.45) is 10.9. The van der Waals surface area contributed by atoms with E-state index in [1.54, 1.807) is 21.3 Å². The van der Waals surface area contributed by atoms with Gasteiger partial charge in [-0.15, -0.1) is 0 Å². The molecule has 0 saturated carbocycles. The molecule has 0 aliphatic heterocycles. The molecule has 0 aromatic rings. The minimum absolute atomic E-state index is 0.791. The summed E-state index contributed by atoms with van der Waals surface area (Å²) in [4.78, 5) is 0. The molecule has 0 spiro atoms. The van der Waals surface area contributed by atoms with Crippen molar-refractivity contribution in [3.8, 4) is 0 Å². The lowest BCUT2D eigenvalue weighted by atomic mass is 10.1. The third-order valence-corrected chi connectivity index (χ3v) is 20.2. The fourth-order valence-corrected chi connectivity index (χ4v) is 22.0. The highest BCUT2D eigenvalue weighted by atomic mass is 28.5. The second-order valence-corrected chi connectivity index (χ2v) is 25.7. The van der Waals surface area contributed by atoms with Gasteiger partial charge in [0, 0.05) is 27.4 Å². The van der Waals surface area contributed by atoms with Crippen molar-refractivity contribution in [1.29, 1.82) is 0 Å². The molecule has 0 aliphatic rings. The topological polar surface area (TPSA) is 46.2 Å². The molecule has 0 unspecified atom stereocenters. The van der Waals surface area contributed by atoms with Crippen molar-refractivity contribution in [3.63, 3.8) is 0 Å². The van der Waals surface area contributed by atoms with E-state index in [0.29, 0.717) is 0 Å². The Bertz CT molecular complexity index is 435. The first-order valence-electron chi connectivity index (χ1n) is 11.9. The summed E-state index contributed by atoms with van der Waals surface area (Å²) in [6.45, 7) is 16.0. The molecule has 0 N–H and O–H groups in total. The van der Waals surface area contributed by atoms with E-state index in [4.69, 9.17) is 21.5 Å². The molecule has 0 fully saturated rings. The molecule has 0 saturated heterocycles. The van der Waals surface area contributed by atoms with E-state index in [1.165, 1.54) is 57.4 Å². The van der Waals surface area contributed by atoms with Gasteiger partial charge < -0.3 is 21.5 Å². The Morgan fingerprint density at radius 2 is 0.900 bits per heavy atom. The molecule has 182 valence electrons. The first-order valence-corrected chi connectivity index (χ1v) is 22.9. The molecule has 0 radical (unpaired) electrons. The lowest BCUT2D eigenvalue weighted by Gasteiger charge is -2.39. The van der Waals surface area contributed by atoms with Gasteiger partial charge in [0.25, 0.3) is 0 Å². The van der Waals surface area contributed by atoms with Crippen LogP contribution in [0.5, 0.6) is 0 Å². The van der Waals surface area contributed by atoms with Crippen molar-refractivity contribution in [2.45, 2.75) is 116 Å². The van der Waals surface area contributed by atoms with Gasteiger partial charge in [0.1, 0.15) is 0 Å². The largest absolute Gasteiger partial charge is 0.499 e. The number of rotatable bonds is 19. The first-order chi connectivity index (χ1) is 13.9. The van der Waals surface area contributed by atoms with Crippen LogP contribution in [0.3, 0.4) is 0 Å². The maximum atomic E-state index is 6.74. The molecule has 30 heavy (non-hydrogen) atoms. The maximum Gasteiger partial charge on any atom is 0.499 e. The van der Waals surface area contributed by atoms with E-state index in [-0.39, 0.29) is 0 Å². The van der Waals surface area contributed by atoms with E-state index < -0.39 is 34.0 Å². The Kier molecular flexibility index (Phi) is 15.1.